The van der Waals surface area contributed by atoms with Crippen LogP contribution >= 0.6 is 0 Å². The predicted octanol–water partition coefficient (Wildman–Crippen LogP) is 1.96. The van der Waals surface area contributed by atoms with Crippen LogP contribution in [-0.4, -0.2) is 13.6 Å². The Balaban J connectivity index is 2.25. The molecular formula is C10H11O3. The molecule has 1 unspecified atom stereocenters. The zero-order valence-electron chi connectivity index (χ0n) is 7.61. The van der Waals surface area contributed by atoms with E-state index in [2.05, 4.69) is 0 Å². The average molecular weight is 179 g/mol. The minimum Gasteiger partial charge on any atom is -0.428 e. The highest BCUT2D eigenvalue weighted by Crippen LogP contribution is 2.35. The lowest BCUT2D eigenvalue weighted by molar-refractivity contribution is -0.157. The second kappa shape index (κ2) is 3.26. The summed E-state index contributed by atoms with van der Waals surface area (Å²) in [5, 5.41) is 0. The van der Waals surface area contributed by atoms with E-state index < -0.39 is 6.48 Å². The van der Waals surface area contributed by atoms with E-state index in [-0.39, 0.29) is 0 Å². The SMILES string of the molecule is C[CH]c1ccc2c(c1)OC(OC)O2. The summed E-state index contributed by atoms with van der Waals surface area (Å²) >= 11 is 0. The Labute approximate surface area is 77.2 Å². The van der Waals surface area contributed by atoms with Crippen molar-refractivity contribution in [3.8, 4) is 11.5 Å². The number of ether oxygens (including phenoxy) is 3. The molecule has 0 aromatic heterocycles. The monoisotopic (exact) mass is 179 g/mol. The third-order valence-corrected chi connectivity index (χ3v) is 1.94. The number of methoxy groups -OCH3 is 1. The van der Waals surface area contributed by atoms with Gasteiger partial charge in [0.25, 0.3) is 0 Å². The van der Waals surface area contributed by atoms with E-state index in [1.165, 1.54) is 0 Å². The van der Waals surface area contributed by atoms with Crippen LogP contribution in [0, 0.1) is 6.42 Å². The van der Waals surface area contributed by atoms with Gasteiger partial charge in [0.05, 0.1) is 0 Å². The summed E-state index contributed by atoms with van der Waals surface area (Å²) in [4.78, 5) is 0. The van der Waals surface area contributed by atoms with Crippen LogP contribution in [0.5, 0.6) is 11.5 Å². The second-order valence-electron chi connectivity index (χ2n) is 2.75. The van der Waals surface area contributed by atoms with Gasteiger partial charge in [-0.25, -0.2) is 0 Å². The normalized spacial score (nSPS) is 19.1. The topological polar surface area (TPSA) is 27.7 Å². The van der Waals surface area contributed by atoms with Crippen LogP contribution < -0.4 is 9.47 Å². The van der Waals surface area contributed by atoms with Gasteiger partial charge in [0, 0.05) is 7.11 Å². The lowest BCUT2D eigenvalue weighted by Crippen LogP contribution is -2.19. The largest absolute Gasteiger partial charge is 0.428 e. The van der Waals surface area contributed by atoms with Crippen LogP contribution in [0.2, 0.25) is 0 Å². The highest BCUT2D eigenvalue weighted by Gasteiger charge is 2.23. The molecule has 0 amide bonds. The molecule has 0 N–H and O–H groups in total. The molecule has 1 aliphatic rings. The number of fused-ring (bicyclic) bond motifs is 1. The molecule has 1 atom stereocenters. The van der Waals surface area contributed by atoms with Crippen LogP contribution in [0.25, 0.3) is 0 Å². The van der Waals surface area contributed by atoms with Crippen LogP contribution in [0.4, 0.5) is 0 Å². The van der Waals surface area contributed by atoms with E-state index in [0.29, 0.717) is 0 Å². The van der Waals surface area contributed by atoms with Crippen molar-refractivity contribution in [3.63, 3.8) is 0 Å². The molecule has 1 aliphatic heterocycles. The maximum atomic E-state index is 5.33. The Hall–Kier alpha value is -1.22. The molecule has 0 fully saturated rings. The van der Waals surface area contributed by atoms with Crippen LogP contribution in [-0.2, 0) is 4.74 Å². The first kappa shape index (κ1) is 8.38. The van der Waals surface area contributed by atoms with E-state index in [4.69, 9.17) is 14.2 Å². The van der Waals surface area contributed by atoms with Gasteiger partial charge >= 0.3 is 6.48 Å². The first-order valence-corrected chi connectivity index (χ1v) is 4.13. The van der Waals surface area contributed by atoms with E-state index in [1.807, 2.05) is 31.5 Å². The molecule has 3 heteroatoms. The third kappa shape index (κ3) is 1.47. The molecule has 0 aliphatic carbocycles. The van der Waals surface area contributed by atoms with Crippen molar-refractivity contribution in [1.29, 1.82) is 0 Å². The van der Waals surface area contributed by atoms with Crippen molar-refractivity contribution in [2.75, 3.05) is 7.11 Å². The molecule has 0 saturated carbocycles. The minimum atomic E-state index is -0.595. The number of hydrogen-bond acceptors (Lipinski definition) is 3. The fourth-order valence-electron chi connectivity index (χ4n) is 1.22. The van der Waals surface area contributed by atoms with E-state index in [1.54, 1.807) is 7.11 Å². The zero-order chi connectivity index (χ0) is 9.26. The van der Waals surface area contributed by atoms with Crippen molar-refractivity contribution < 1.29 is 14.2 Å². The molecular weight excluding hydrogens is 168 g/mol. The molecule has 2 rings (SSSR count). The summed E-state index contributed by atoms with van der Waals surface area (Å²) in [6.07, 6.45) is 2.00. The van der Waals surface area contributed by atoms with Crippen LogP contribution in [0.3, 0.4) is 0 Å². The standard InChI is InChI=1S/C10H11O3/c1-3-7-4-5-8-9(6-7)13-10(11-2)12-8/h3-6,10H,1-2H3. The third-order valence-electron chi connectivity index (χ3n) is 1.94. The van der Waals surface area contributed by atoms with E-state index in [0.717, 1.165) is 17.1 Å². The second-order valence-corrected chi connectivity index (χ2v) is 2.75. The lowest BCUT2D eigenvalue weighted by Gasteiger charge is -2.05. The summed E-state index contributed by atoms with van der Waals surface area (Å²) in [7, 11) is 1.55. The number of hydrogen-bond donors (Lipinski definition) is 0. The van der Waals surface area contributed by atoms with Gasteiger partial charge < -0.3 is 14.2 Å². The Morgan fingerprint density at radius 2 is 2.08 bits per heavy atom. The Kier molecular flexibility index (Phi) is 2.10. The fourth-order valence-corrected chi connectivity index (χ4v) is 1.22. The van der Waals surface area contributed by atoms with Gasteiger partial charge in [-0.15, -0.1) is 0 Å². The van der Waals surface area contributed by atoms with Gasteiger partial charge in [0.15, 0.2) is 11.5 Å². The highest BCUT2D eigenvalue weighted by molar-refractivity contribution is 5.46. The van der Waals surface area contributed by atoms with Gasteiger partial charge in [-0.05, 0) is 24.1 Å². The average Bonchev–Trinajstić information content (AvgIpc) is 2.58. The quantitative estimate of drug-likeness (QED) is 0.694. The summed E-state index contributed by atoms with van der Waals surface area (Å²) in [5.74, 6) is 1.47. The van der Waals surface area contributed by atoms with Crippen molar-refractivity contribution in [2.45, 2.75) is 13.4 Å². The molecule has 0 bridgehead atoms. The fraction of sp³-hybridized carbons (Fsp3) is 0.300. The maximum Gasteiger partial charge on any atom is 0.360 e. The first-order valence-electron chi connectivity index (χ1n) is 4.13. The molecule has 0 saturated heterocycles. The molecule has 1 heterocycles. The Morgan fingerprint density at radius 1 is 1.31 bits per heavy atom. The van der Waals surface area contributed by atoms with E-state index in [9.17, 15) is 0 Å². The summed E-state index contributed by atoms with van der Waals surface area (Å²) in [6, 6.07) is 5.78. The maximum absolute atomic E-state index is 5.33. The molecule has 1 radical (unpaired) electrons. The molecule has 69 valence electrons. The molecule has 0 spiro atoms. The van der Waals surface area contributed by atoms with Crippen molar-refractivity contribution in [1.82, 2.24) is 0 Å². The smallest absolute Gasteiger partial charge is 0.360 e. The summed E-state index contributed by atoms with van der Waals surface area (Å²) in [5.41, 5.74) is 1.11. The van der Waals surface area contributed by atoms with Gasteiger partial charge in [0.1, 0.15) is 0 Å². The summed E-state index contributed by atoms with van der Waals surface area (Å²) < 4.78 is 15.5. The van der Waals surface area contributed by atoms with Crippen LogP contribution in [0.15, 0.2) is 18.2 Å². The molecule has 1 aromatic carbocycles. The lowest BCUT2D eigenvalue weighted by atomic mass is 10.1. The predicted molar refractivity (Wildman–Crippen MR) is 47.6 cm³/mol. The van der Waals surface area contributed by atoms with Gasteiger partial charge in [0.2, 0.25) is 0 Å². The van der Waals surface area contributed by atoms with Gasteiger partial charge in [-0.2, -0.15) is 0 Å². The molecule has 3 nitrogen and oxygen atoms in total. The van der Waals surface area contributed by atoms with Crippen molar-refractivity contribution in [3.05, 3.63) is 30.2 Å². The zero-order valence-corrected chi connectivity index (χ0v) is 7.61. The van der Waals surface area contributed by atoms with Crippen LogP contribution in [0.1, 0.15) is 12.5 Å². The van der Waals surface area contributed by atoms with E-state index >= 15 is 0 Å². The van der Waals surface area contributed by atoms with Crippen molar-refractivity contribution in [2.24, 2.45) is 0 Å². The molecule has 13 heavy (non-hydrogen) atoms. The Bertz CT molecular complexity index is 309. The minimum absolute atomic E-state index is 0.595. The number of benzene rings is 1. The molecule has 1 aromatic rings. The Morgan fingerprint density at radius 3 is 2.77 bits per heavy atom. The first-order chi connectivity index (χ1) is 6.33. The summed E-state index contributed by atoms with van der Waals surface area (Å²) in [6.45, 7) is 1.38. The van der Waals surface area contributed by atoms with Crippen molar-refractivity contribution >= 4 is 0 Å². The van der Waals surface area contributed by atoms with Gasteiger partial charge in [-0.3, -0.25) is 0 Å². The number of rotatable bonds is 2. The van der Waals surface area contributed by atoms with Gasteiger partial charge in [-0.1, -0.05) is 13.0 Å². The highest BCUT2D eigenvalue weighted by atomic mass is 16.9.